The Kier molecular flexibility index (Phi) is 8.65. The van der Waals surface area contributed by atoms with Crippen molar-refractivity contribution in [2.24, 2.45) is 0 Å². The number of hydrogen-bond donors (Lipinski definition) is 1. The van der Waals surface area contributed by atoms with E-state index in [0.717, 1.165) is 5.56 Å². The number of nitrogens with one attached hydrogen (secondary N) is 1. The van der Waals surface area contributed by atoms with Crippen molar-refractivity contribution in [1.29, 1.82) is 0 Å². The number of para-hydroxylation sites is 1. The Hall–Kier alpha value is -3.89. The van der Waals surface area contributed by atoms with Gasteiger partial charge in [-0.05, 0) is 60.0 Å². The molecule has 1 N–H and O–H groups in total. The van der Waals surface area contributed by atoms with E-state index in [4.69, 9.17) is 14.2 Å². The van der Waals surface area contributed by atoms with E-state index in [1.165, 1.54) is 19.2 Å². The van der Waals surface area contributed by atoms with Crippen LogP contribution in [0, 0.1) is 6.92 Å². The highest BCUT2D eigenvalue weighted by Crippen LogP contribution is 2.27. The SMILES string of the molecule is COC(=O)c1ccc(Oc2ccccc2)cc1CS(=O)(=O)Nc1ccc(CC(=O)N2CCOCC2)cc1C. The maximum Gasteiger partial charge on any atom is 0.338 e. The van der Waals surface area contributed by atoms with E-state index in [-0.39, 0.29) is 23.5 Å². The molecule has 0 unspecified atom stereocenters. The van der Waals surface area contributed by atoms with Gasteiger partial charge in [-0.3, -0.25) is 9.52 Å². The van der Waals surface area contributed by atoms with Crippen molar-refractivity contribution in [3.8, 4) is 11.5 Å². The number of ether oxygens (including phenoxy) is 3. The summed E-state index contributed by atoms with van der Waals surface area (Å²) in [7, 11) is -2.68. The van der Waals surface area contributed by atoms with Gasteiger partial charge >= 0.3 is 5.97 Å². The number of amides is 1. The summed E-state index contributed by atoms with van der Waals surface area (Å²) in [4.78, 5) is 26.7. The number of methoxy groups -OCH3 is 1. The number of benzene rings is 3. The molecule has 4 rings (SSSR count). The van der Waals surface area contributed by atoms with E-state index in [0.29, 0.717) is 49.1 Å². The van der Waals surface area contributed by atoms with Crippen molar-refractivity contribution in [2.75, 3.05) is 38.1 Å². The van der Waals surface area contributed by atoms with E-state index in [9.17, 15) is 18.0 Å². The molecule has 1 saturated heterocycles. The van der Waals surface area contributed by atoms with Gasteiger partial charge in [-0.15, -0.1) is 0 Å². The van der Waals surface area contributed by atoms with Crippen molar-refractivity contribution in [3.63, 3.8) is 0 Å². The minimum absolute atomic E-state index is 0.00831. The second-order valence-corrected chi connectivity index (χ2v) is 10.6. The van der Waals surface area contributed by atoms with E-state index in [2.05, 4.69) is 4.72 Å². The molecule has 0 aliphatic carbocycles. The molecule has 1 heterocycles. The monoisotopic (exact) mass is 538 g/mol. The molecular weight excluding hydrogens is 508 g/mol. The van der Waals surface area contributed by atoms with Gasteiger partial charge < -0.3 is 19.1 Å². The van der Waals surface area contributed by atoms with Gasteiger partial charge in [-0.1, -0.05) is 30.3 Å². The number of hydrogen-bond acceptors (Lipinski definition) is 7. The van der Waals surface area contributed by atoms with Crippen LogP contribution in [0.5, 0.6) is 11.5 Å². The van der Waals surface area contributed by atoms with Crippen LogP contribution in [0.2, 0.25) is 0 Å². The van der Waals surface area contributed by atoms with Gasteiger partial charge in [0.25, 0.3) is 0 Å². The molecule has 9 nitrogen and oxygen atoms in total. The Morgan fingerprint density at radius 2 is 1.71 bits per heavy atom. The summed E-state index contributed by atoms with van der Waals surface area (Å²) >= 11 is 0. The Morgan fingerprint density at radius 1 is 0.974 bits per heavy atom. The zero-order chi connectivity index (χ0) is 27.1. The van der Waals surface area contributed by atoms with E-state index < -0.39 is 21.7 Å². The Balaban J connectivity index is 1.49. The number of nitrogens with zero attached hydrogens (tertiary/aromatic N) is 1. The van der Waals surface area contributed by atoms with E-state index in [1.807, 2.05) is 18.2 Å². The largest absolute Gasteiger partial charge is 0.465 e. The lowest BCUT2D eigenvalue weighted by Crippen LogP contribution is -2.41. The highest BCUT2D eigenvalue weighted by atomic mass is 32.2. The van der Waals surface area contributed by atoms with Gasteiger partial charge in [0.05, 0.1) is 43.7 Å². The molecule has 10 heteroatoms. The normalized spacial score (nSPS) is 13.6. The molecule has 3 aromatic carbocycles. The fourth-order valence-corrected chi connectivity index (χ4v) is 5.43. The minimum Gasteiger partial charge on any atom is -0.465 e. The summed E-state index contributed by atoms with van der Waals surface area (Å²) < 4.78 is 44.9. The topological polar surface area (TPSA) is 111 Å². The van der Waals surface area contributed by atoms with Crippen molar-refractivity contribution in [2.45, 2.75) is 19.1 Å². The number of aryl methyl sites for hydroxylation is 1. The maximum atomic E-state index is 13.1. The van der Waals surface area contributed by atoms with Gasteiger partial charge in [0.2, 0.25) is 15.9 Å². The summed E-state index contributed by atoms with van der Waals surface area (Å²) in [6, 6.07) is 18.8. The predicted molar refractivity (Wildman–Crippen MR) is 143 cm³/mol. The molecule has 38 heavy (non-hydrogen) atoms. The van der Waals surface area contributed by atoms with Gasteiger partial charge in [0.15, 0.2) is 0 Å². The zero-order valence-corrected chi connectivity index (χ0v) is 22.1. The van der Waals surface area contributed by atoms with E-state index >= 15 is 0 Å². The number of morpholine rings is 1. The minimum atomic E-state index is -3.92. The van der Waals surface area contributed by atoms with Crippen LogP contribution in [0.3, 0.4) is 0 Å². The van der Waals surface area contributed by atoms with Crippen molar-refractivity contribution in [1.82, 2.24) is 4.90 Å². The standard InChI is InChI=1S/C28H30N2O7S/c1-20-16-21(17-27(31)30-12-14-36-15-13-30)8-11-26(20)29-38(33,34)19-22-18-24(9-10-25(22)28(32)35-2)37-23-6-4-3-5-7-23/h3-11,16,18,29H,12-15,17,19H2,1-2H3. The Bertz CT molecular complexity index is 1400. The van der Waals surface area contributed by atoms with Crippen LogP contribution < -0.4 is 9.46 Å². The predicted octanol–water partition coefficient (Wildman–Crippen LogP) is 3.92. The van der Waals surface area contributed by atoms with Crippen LogP contribution in [0.1, 0.15) is 27.0 Å². The third-order valence-electron chi connectivity index (χ3n) is 6.08. The van der Waals surface area contributed by atoms with Crippen LogP contribution >= 0.6 is 0 Å². The second-order valence-electron chi connectivity index (χ2n) is 8.91. The van der Waals surface area contributed by atoms with Crippen molar-refractivity contribution < 1.29 is 32.2 Å². The lowest BCUT2D eigenvalue weighted by molar-refractivity contribution is -0.134. The number of carbonyl (C=O) groups excluding carboxylic acids is 2. The third kappa shape index (κ3) is 7.11. The smallest absolute Gasteiger partial charge is 0.338 e. The lowest BCUT2D eigenvalue weighted by Gasteiger charge is -2.27. The first-order chi connectivity index (χ1) is 18.2. The second kappa shape index (κ2) is 12.1. The first-order valence-corrected chi connectivity index (χ1v) is 13.8. The maximum absolute atomic E-state index is 13.1. The van der Waals surface area contributed by atoms with Crippen LogP contribution in [-0.4, -0.2) is 58.6 Å². The molecular formula is C28H30N2O7S. The summed E-state index contributed by atoms with van der Waals surface area (Å²) in [5, 5.41) is 0. The van der Waals surface area contributed by atoms with Crippen molar-refractivity contribution in [3.05, 3.63) is 89.0 Å². The molecule has 0 atom stereocenters. The molecule has 0 radical (unpaired) electrons. The molecule has 200 valence electrons. The van der Waals surface area contributed by atoms with Gasteiger partial charge in [0, 0.05) is 13.1 Å². The van der Waals surface area contributed by atoms with Gasteiger partial charge in [-0.25, -0.2) is 13.2 Å². The van der Waals surface area contributed by atoms with Crippen LogP contribution in [0.25, 0.3) is 0 Å². The molecule has 0 saturated carbocycles. The van der Waals surface area contributed by atoms with E-state index in [1.54, 1.807) is 48.2 Å². The zero-order valence-electron chi connectivity index (χ0n) is 21.3. The molecule has 3 aromatic rings. The molecule has 0 aromatic heterocycles. The molecule has 0 bridgehead atoms. The summed E-state index contributed by atoms with van der Waals surface area (Å²) in [5.74, 6) is -0.145. The summed E-state index contributed by atoms with van der Waals surface area (Å²) in [5.41, 5.74) is 2.23. The molecule has 1 amide bonds. The number of sulfonamides is 1. The average molecular weight is 539 g/mol. The van der Waals surface area contributed by atoms with Crippen LogP contribution in [-0.2, 0) is 36.5 Å². The Morgan fingerprint density at radius 3 is 2.39 bits per heavy atom. The first kappa shape index (κ1) is 27.2. The summed E-state index contributed by atoms with van der Waals surface area (Å²) in [6.45, 7) is 3.98. The lowest BCUT2D eigenvalue weighted by atomic mass is 10.1. The molecule has 1 aliphatic rings. The van der Waals surface area contributed by atoms with Gasteiger partial charge in [0.1, 0.15) is 11.5 Å². The number of esters is 1. The Labute approximate surface area is 222 Å². The van der Waals surface area contributed by atoms with Crippen molar-refractivity contribution >= 4 is 27.6 Å². The highest BCUT2D eigenvalue weighted by Gasteiger charge is 2.21. The molecule has 1 fully saturated rings. The van der Waals surface area contributed by atoms with Crippen LogP contribution in [0.15, 0.2) is 66.7 Å². The number of rotatable bonds is 9. The number of anilines is 1. The summed E-state index contributed by atoms with van der Waals surface area (Å²) in [6.07, 6.45) is 0.227. The fourth-order valence-electron chi connectivity index (χ4n) is 4.14. The highest BCUT2D eigenvalue weighted by molar-refractivity contribution is 7.91. The third-order valence-corrected chi connectivity index (χ3v) is 7.30. The van der Waals surface area contributed by atoms with Gasteiger partial charge in [-0.2, -0.15) is 0 Å². The molecule has 1 aliphatic heterocycles. The quantitative estimate of drug-likeness (QED) is 0.411. The first-order valence-electron chi connectivity index (χ1n) is 12.1. The number of carbonyl (C=O) groups is 2. The average Bonchev–Trinajstić information content (AvgIpc) is 2.91. The fraction of sp³-hybridized carbons (Fsp3) is 0.286. The van der Waals surface area contributed by atoms with Crippen LogP contribution in [0.4, 0.5) is 5.69 Å². The molecule has 0 spiro atoms.